The quantitative estimate of drug-likeness (QED) is 0.581. The molecule has 0 aliphatic carbocycles. The lowest BCUT2D eigenvalue weighted by Gasteiger charge is -2.19. The highest BCUT2D eigenvalue weighted by Crippen LogP contribution is 2.26. The van der Waals surface area contributed by atoms with E-state index >= 15 is 0 Å². The number of carbonyl (C=O) groups excluding carboxylic acids is 1. The number of carbonyl (C=O) groups is 1. The smallest absolute Gasteiger partial charge is 0.273 e. The van der Waals surface area contributed by atoms with Crippen LogP contribution in [0.15, 0.2) is 63.5 Å². The van der Waals surface area contributed by atoms with Crippen LogP contribution in [0.5, 0.6) is 5.75 Å². The zero-order chi connectivity index (χ0) is 20.1. The van der Waals surface area contributed by atoms with Crippen LogP contribution in [-0.4, -0.2) is 28.0 Å². The van der Waals surface area contributed by atoms with Crippen molar-refractivity contribution in [3.8, 4) is 5.75 Å². The molecule has 0 spiro atoms. The summed E-state index contributed by atoms with van der Waals surface area (Å²) in [6.45, 7) is 1.81. The second kappa shape index (κ2) is 8.76. The lowest BCUT2D eigenvalue weighted by Crippen LogP contribution is -2.30. The lowest BCUT2D eigenvalue weighted by molar-refractivity contribution is -0.123. The van der Waals surface area contributed by atoms with E-state index in [-0.39, 0.29) is 22.8 Å². The van der Waals surface area contributed by atoms with Gasteiger partial charge >= 0.3 is 0 Å². The van der Waals surface area contributed by atoms with Gasteiger partial charge in [-0.3, -0.25) is 9.10 Å². The van der Waals surface area contributed by atoms with Crippen LogP contribution in [-0.2, 0) is 14.8 Å². The molecule has 0 saturated heterocycles. The van der Waals surface area contributed by atoms with Crippen molar-refractivity contribution in [2.45, 2.75) is 17.2 Å². The van der Waals surface area contributed by atoms with Gasteiger partial charge in [0.2, 0.25) is 0 Å². The summed E-state index contributed by atoms with van der Waals surface area (Å²) in [5, 5.41) is 6.57. The van der Waals surface area contributed by atoms with Crippen molar-refractivity contribution in [2.24, 2.45) is 0 Å². The summed E-state index contributed by atoms with van der Waals surface area (Å²) in [7, 11) is -2.07. The number of thiophene rings is 2. The zero-order valence-corrected chi connectivity index (χ0v) is 17.8. The molecule has 0 radical (unpaired) electrons. The van der Waals surface area contributed by atoms with Crippen LogP contribution >= 0.6 is 22.7 Å². The average Bonchev–Trinajstić information content (AvgIpc) is 3.40. The SMILES string of the molecule is CC(NC(=O)COc1ccc(N(C)S(=O)(=O)c2cccs2)cc1)c1cccs1. The van der Waals surface area contributed by atoms with Crippen LogP contribution in [0.3, 0.4) is 0 Å². The van der Waals surface area contributed by atoms with Crippen molar-refractivity contribution in [1.29, 1.82) is 0 Å². The topological polar surface area (TPSA) is 75.7 Å². The first-order valence-electron chi connectivity index (χ1n) is 8.46. The van der Waals surface area contributed by atoms with Crippen LogP contribution in [0, 0.1) is 0 Å². The standard InChI is InChI=1S/C19H20N2O4S3/c1-14(17-5-3-11-26-17)20-18(22)13-25-16-9-7-15(8-10-16)21(2)28(23,24)19-6-4-12-27-19/h3-12,14H,13H2,1-2H3,(H,20,22). The average molecular weight is 437 g/mol. The number of anilines is 1. The first-order valence-corrected chi connectivity index (χ1v) is 11.7. The summed E-state index contributed by atoms with van der Waals surface area (Å²) in [5.74, 6) is 0.270. The van der Waals surface area contributed by atoms with Gasteiger partial charge in [-0.05, 0) is 54.1 Å². The molecular weight excluding hydrogens is 416 g/mol. The fourth-order valence-electron chi connectivity index (χ4n) is 2.48. The third kappa shape index (κ3) is 4.73. The molecular formula is C19H20N2O4S3. The Morgan fingerprint density at radius 1 is 1.11 bits per heavy atom. The van der Waals surface area contributed by atoms with Gasteiger partial charge in [-0.2, -0.15) is 0 Å². The third-order valence-electron chi connectivity index (χ3n) is 4.03. The Hall–Kier alpha value is -2.36. The van der Waals surface area contributed by atoms with Gasteiger partial charge in [0.05, 0.1) is 11.7 Å². The van der Waals surface area contributed by atoms with Gasteiger partial charge in [-0.25, -0.2) is 8.42 Å². The molecule has 148 valence electrons. The first kappa shape index (κ1) is 20.4. The van der Waals surface area contributed by atoms with E-state index in [1.807, 2.05) is 24.4 Å². The second-order valence-electron chi connectivity index (χ2n) is 5.99. The minimum Gasteiger partial charge on any atom is -0.484 e. The summed E-state index contributed by atoms with van der Waals surface area (Å²) < 4.78 is 32.1. The Labute approximate surface area is 172 Å². The van der Waals surface area contributed by atoms with Crippen LogP contribution < -0.4 is 14.4 Å². The van der Waals surface area contributed by atoms with Gasteiger partial charge in [-0.1, -0.05) is 12.1 Å². The highest BCUT2D eigenvalue weighted by Gasteiger charge is 2.22. The fourth-order valence-corrected chi connectivity index (χ4v) is 5.57. The Kier molecular flexibility index (Phi) is 6.38. The van der Waals surface area contributed by atoms with E-state index in [9.17, 15) is 13.2 Å². The molecule has 3 aromatic rings. The van der Waals surface area contributed by atoms with Crippen molar-refractivity contribution in [2.75, 3.05) is 18.0 Å². The maximum atomic E-state index is 12.5. The molecule has 0 saturated carbocycles. The van der Waals surface area contributed by atoms with Gasteiger partial charge in [0.1, 0.15) is 9.96 Å². The third-order valence-corrected chi connectivity index (χ3v) is 8.24. The number of nitrogens with one attached hydrogen (secondary N) is 1. The van der Waals surface area contributed by atoms with Gasteiger partial charge in [0.25, 0.3) is 15.9 Å². The highest BCUT2D eigenvalue weighted by atomic mass is 32.2. The van der Waals surface area contributed by atoms with E-state index in [4.69, 9.17) is 4.74 Å². The summed E-state index contributed by atoms with van der Waals surface area (Å²) in [5.41, 5.74) is 0.511. The summed E-state index contributed by atoms with van der Waals surface area (Å²) >= 11 is 2.76. The molecule has 3 rings (SSSR count). The maximum absolute atomic E-state index is 12.5. The number of rotatable bonds is 8. The fraction of sp³-hybridized carbons (Fsp3) is 0.211. The first-order chi connectivity index (χ1) is 13.4. The molecule has 28 heavy (non-hydrogen) atoms. The molecule has 0 bridgehead atoms. The van der Waals surface area contributed by atoms with Gasteiger partial charge in [0, 0.05) is 11.9 Å². The van der Waals surface area contributed by atoms with E-state index in [1.165, 1.54) is 22.7 Å². The Morgan fingerprint density at radius 2 is 1.79 bits per heavy atom. The molecule has 1 aromatic carbocycles. The molecule has 0 aliphatic rings. The predicted octanol–water partition coefficient (Wildman–Crippen LogP) is 3.89. The molecule has 9 heteroatoms. The van der Waals surface area contributed by atoms with E-state index in [0.29, 0.717) is 11.4 Å². The van der Waals surface area contributed by atoms with Crippen molar-refractivity contribution in [1.82, 2.24) is 5.32 Å². The minimum atomic E-state index is -3.57. The van der Waals surface area contributed by atoms with Crippen molar-refractivity contribution < 1.29 is 17.9 Å². The number of nitrogens with zero attached hydrogens (tertiary/aromatic N) is 1. The molecule has 2 aromatic heterocycles. The minimum absolute atomic E-state index is 0.0745. The van der Waals surface area contributed by atoms with Crippen LogP contribution in [0.25, 0.3) is 0 Å². The maximum Gasteiger partial charge on any atom is 0.273 e. The summed E-state index contributed by atoms with van der Waals surface area (Å²) in [6.07, 6.45) is 0. The monoisotopic (exact) mass is 436 g/mol. The van der Waals surface area contributed by atoms with Gasteiger partial charge in [-0.15, -0.1) is 22.7 Å². The second-order valence-corrected chi connectivity index (χ2v) is 10.1. The number of amides is 1. The Balaban J connectivity index is 1.56. The Bertz CT molecular complexity index is 998. The zero-order valence-electron chi connectivity index (χ0n) is 15.4. The molecule has 0 aliphatic heterocycles. The largest absolute Gasteiger partial charge is 0.484 e. The number of sulfonamides is 1. The van der Waals surface area contributed by atoms with Crippen LogP contribution in [0.1, 0.15) is 17.8 Å². The van der Waals surface area contributed by atoms with E-state index < -0.39 is 10.0 Å². The number of ether oxygens (including phenoxy) is 1. The van der Waals surface area contributed by atoms with Crippen molar-refractivity contribution >= 4 is 44.3 Å². The van der Waals surface area contributed by atoms with Crippen molar-refractivity contribution in [3.05, 3.63) is 64.2 Å². The molecule has 6 nitrogen and oxygen atoms in total. The van der Waals surface area contributed by atoms with E-state index in [1.54, 1.807) is 53.1 Å². The summed E-state index contributed by atoms with van der Waals surface area (Å²) in [6, 6.07) is 13.7. The normalized spacial score (nSPS) is 12.4. The van der Waals surface area contributed by atoms with Gasteiger partial charge in [0.15, 0.2) is 6.61 Å². The highest BCUT2D eigenvalue weighted by molar-refractivity contribution is 7.94. The van der Waals surface area contributed by atoms with Crippen LogP contribution in [0.2, 0.25) is 0 Å². The Morgan fingerprint density at radius 3 is 2.39 bits per heavy atom. The molecule has 1 amide bonds. The predicted molar refractivity (Wildman–Crippen MR) is 113 cm³/mol. The van der Waals surface area contributed by atoms with Gasteiger partial charge < -0.3 is 10.1 Å². The van der Waals surface area contributed by atoms with E-state index in [2.05, 4.69) is 5.32 Å². The molecule has 1 N–H and O–H groups in total. The molecule has 1 unspecified atom stereocenters. The molecule has 1 atom stereocenters. The van der Waals surface area contributed by atoms with E-state index in [0.717, 1.165) is 4.88 Å². The number of hydrogen-bond acceptors (Lipinski definition) is 6. The lowest BCUT2D eigenvalue weighted by atomic mass is 10.3. The number of benzene rings is 1. The summed E-state index contributed by atoms with van der Waals surface area (Å²) in [4.78, 5) is 13.1. The number of hydrogen-bond donors (Lipinski definition) is 1. The van der Waals surface area contributed by atoms with Crippen molar-refractivity contribution in [3.63, 3.8) is 0 Å². The molecule has 0 fully saturated rings. The molecule has 2 heterocycles. The van der Waals surface area contributed by atoms with Crippen LogP contribution in [0.4, 0.5) is 5.69 Å².